The van der Waals surface area contributed by atoms with E-state index in [4.69, 9.17) is 4.98 Å². The summed E-state index contributed by atoms with van der Waals surface area (Å²) in [6, 6.07) is 18.1. The van der Waals surface area contributed by atoms with E-state index in [1.165, 1.54) is 23.7 Å². The number of Topliss-reactive ketones (excluding diaryl/α,β-unsaturated/α-hetero) is 1. The first kappa shape index (κ1) is 22.9. The van der Waals surface area contributed by atoms with Crippen molar-refractivity contribution in [1.29, 1.82) is 0 Å². The van der Waals surface area contributed by atoms with E-state index in [1.807, 2.05) is 49.4 Å². The first-order valence-electron chi connectivity index (χ1n) is 12.1. The van der Waals surface area contributed by atoms with Crippen molar-refractivity contribution < 1.29 is 4.79 Å². The Morgan fingerprint density at radius 2 is 1.76 bits per heavy atom. The molecule has 1 saturated carbocycles. The minimum atomic E-state index is -0.191. The van der Waals surface area contributed by atoms with Crippen LogP contribution in [0.15, 0.2) is 76.4 Å². The summed E-state index contributed by atoms with van der Waals surface area (Å²) in [7, 11) is 0. The fraction of sp³-hybridized carbons (Fsp3) is 0.345. The highest BCUT2D eigenvalue weighted by molar-refractivity contribution is 8.00. The standard InChI is InChI=1S/C29H30N2O2S/c1-20(2)18-31-27(24(32)19-34-22-12-5-3-6-13-22)30-26-23-14-8-7-11-21(23)17-29(25(26)28(31)33)15-9-4-10-16-29/h3,5-8,11-14H,1,4,9-10,15-19H2,2H3. The fourth-order valence-electron chi connectivity index (χ4n) is 5.60. The van der Waals surface area contributed by atoms with Gasteiger partial charge >= 0.3 is 0 Å². The summed E-state index contributed by atoms with van der Waals surface area (Å²) in [4.78, 5) is 33.6. The molecule has 0 unspecified atom stereocenters. The second kappa shape index (κ2) is 9.38. The van der Waals surface area contributed by atoms with Crippen molar-refractivity contribution in [1.82, 2.24) is 9.55 Å². The van der Waals surface area contributed by atoms with Crippen LogP contribution in [0.1, 0.15) is 60.8 Å². The Labute approximate surface area is 205 Å². The Morgan fingerprint density at radius 3 is 2.50 bits per heavy atom. The summed E-state index contributed by atoms with van der Waals surface area (Å²) in [6.45, 7) is 6.24. The first-order chi connectivity index (χ1) is 16.5. The first-order valence-corrected chi connectivity index (χ1v) is 13.1. The number of benzene rings is 2. The van der Waals surface area contributed by atoms with Crippen LogP contribution < -0.4 is 5.56 Å². The highest BCUT2D eigenvalue weighted by Gasteiger charge is 2.43. The van der Waals surface area contributed by atoms with Gasteiger partial charge in [0.25, 0.3) is 5.56 Å². The topological polar surface area (TPSA) is 52.0 Å². The van der Waals surface area contributed by atoms with Crippen LogP contribution in [-0.2, 0) is 18.4 Å². The van der Waals surface area contributed by atoms with Crippen LogP contribution in [0.2, 0.25) is 0 Å². The number of aromatic nitrogens is 2. The number of allylic oxidation sites excluding steroid dienone is 1. The normalized spacial score (nSPS) is 16.0. The molecule has 174 valence electrons. The quantitative estimate of drug-likeness (QED) is 0.244. The van der Waals surface area contributed by atoms with Gasteiger partial charge in [-0.3, -0.25) is 14.2 Å². The Balaban J connectivity index is 1.66. The number of rotatable bonds is 6. The van der Waals surface area contributed by atoms with Gasteiger partial charge < -0.3 is 0 Å². The lowest BCUT2D eigenvalue weighted by Crippen LogP contribution is -2.44. The number of carbonyl (C=O) groups excluding carboxylic acids is 1. The van der Waals surface area contributed by atoms with Crippen molar-refractivity contribution in [3.05, 3.63) is 94.1 Å². The molecule has 0 radical (unpaired) electrons. The molecule has 34 heavy (non-hydrogen) atoms. The molecule has 1 heterocycles. The molecule has 5 rings (SSSR count). The van der Waals surface area contributed by atoms with Gasteiger partial charge in [0.1, 0.15) is 0 Å². The van der Waals surface area contributed by atoms with E-state index >= 15 is 0 Å². The molecule has 1 aromatic heterocycles. The van der Waals surface area contributed by atoms with Gasteiger partial charge in [-0.25, -0.2) is 4.98 Å². The molecular formula is C29H30N2O2S. The molecule has 0 N–H and O–H groups in total. The highest BCUT2D eigenvalue weighted by atomic mass is 32.2. The second-order valence-electron chi connectivity index (χ2n) is 9.71. The highest BCUT2D eigenvalue weighted by Crippen LogP contribution is 2.48. The van der Waals surface area contributed by atoms with Crippen molar-refractivity contribution in [3.63, 3.8) is 0 Å². The molecule has 0 saturated heterocycles. The molecule has 0 aliphatic heterocycles. The van der Waals surface area contributed by atoms with Gasteiger partial charge in [0, 0.05) is 22.4 Å². The summed E-state index contributed by atoms with van der Waals surface area (Å²) in [5.74, 6) is 0.353. The minimum Gasteiger partial charge on any atom is -0.290 e. The van der Waals surface area contributed by atoms with Crippen LogP contribution in [0.25, 0.3) is 11.3 Å². The Morgan fingerprint density at radius 1 is 1.06 bits per heavy atom. The van der Waals surface area contributed by atoms with Crippen molar-refractivity contribution in [2.24, 2.45) is 0 Å². The van der Waals surface area contributed by atoms with Gasteiger partial charge in [-0.1, -0.05) is 73.9 Å². The Kier molecular flexibility index (Phi) is 6.30. The smallest absolute Gasteiger partial charge is 0.258 e. The van der Waals surface area contributed by atoms with Crippen molar-refractivity contribution in [2.45, 2.75) is 62.3 Å². The number of thioether (sulfide) groups is 1. The van der Waals surface area contributed by atoms with E-state index in [0.717, 1.165) is 59.4 Å². The van der Waals surface area contributed by atoms with Crippen LogP contribution in [0.5, 0.6) is 0 Å². The second-order valence-corrected chi connectivity index (χ2v) is 10.8. The molecule has 1 fully saturated rings. The molecule has 0 bridgehead atoms. The average Bonchev–Trinajstić information content (AvgIpc) is 2.84. The van der Waals surface area contributed by atoms with Crippen LogP contribution in [-0.4, -0.2) is 21.1 Å². The third-order valence-corrected chi connectivity index (χ3v) is 8.11. The number of hydrogen-bond donors (Lipinski definition) is 0. The van der Waals surface area contributed by atoms with E-state index in [9.17, 15) is 9.59 Å². The molecule has 3 aromatic rings. The largest absolute Gasteiger partial charge is 0.290 e. The fourth-order valence-corrected chi connectivity index (χ4v) is 6.38. The number of fused-ring (bicyclic) bond motifs is 4. The Bertz CT molecular complexity index is 1300. The molecule has 5 heteroatoms. The average molecular weight is 471 g/mol. The summed E-state index contributed by atoms with van der Waals surface area (Å²) in [5.41, 5.74) is 4.36. The lowest BCUT2D eigenvalue weighted by Gasteiger charge is -2.42. The summed E-state index contributed by atoms with van der Waals surface area (Å²) < 4.78 is 1.60. The molecule has 0 amide bonds. The van der Waals surface area contributed by atoms with Gasteiger partial charge in [-0.05, 0) is 43.9 Å². The molecular weight excluding hydrogens is 440 g/mol. The SMILES string of the molecule is C=C(C)Cn1c(C(=O)CSc2ccccc2)nc2c(c1=O)C1(CCCCC1)Cc1ccccc1-2. The maximum Gasteiger partial charge on any atom is 0.258 e. The maximum atomic E-state index is 14.2. The van der Waals surface area contributed by atoms with Gasteiger partial charge in [0.05, 0.1) is 17.0 Å². The molecule has 4 nitrogen and oxygen atoms in total. The summed E-state index contributed by atoms with van der Waals surface area (Å²) in [5, 5.41) is 0. The minimum absolute atomic E-state index is 0.0579. The van der Waals surface area contributed by atoms with Gasteiger partial charge in [0.15, 0.2) is 5.82 Å². The van der Waals surface area contributed by atoms with Crippen molar-refractivity contribution in [3.8, 4) is 11.3 Å². The molecule has 2 aliphatic rings. The van der Waals surface area contributed by atoms with Crippen LogP contribution in [0.3, 0.4) is 0 Å². The number of hydrogen-bond acceptors (Lipinski definition) is 4. The van der Waals surface area contributed by atoms with Crippen LogP contribution in [0, 0.1) is 0 Å². The van der Waals surface area contributed by atoms with Crippen molar-refractivity contribution in [2.75, 3.05) is 5.75 Å². The molecule has 0 atom stereocenters. The molecule has 2 aromatic carbocycles. The van der Waals surface area contributed by atoms with E-state index in [2.05, 4.69) is 18.7 Å². The Hall–Kier alpha value is -2.92. The van der Waals surface area contributed by atoms with Gasteiger partial charge in [-0.15, -0.1) is 11.8 Å². The number of ketones is 1. The zero-order chi connectivity index (χ0) is 23.7. The molecule has 2 aliphatic carbocycles. The van der Waals surface area contributed by atoms with Gasteiger partial charge in [-0.2, -0.15) is 0 Å². The van der Waals surface area contributed by atoms with Crippen molar-refractivity contribution >= 4 is 17.5 Å². The summed E-state index contributed by atoms with van der Waals surface area (Å²) in [6.07, 6.45) is 6.31. The van der Waals surface area contributed by atoms with Gasteiger partial charge in [0.2, 0.25) is 5.78 Å². The van der Waals surface area contributed by atoms with Crippen LogP contribution >= 0.6 is 11.8 Å². The van der Waals surface area contributed by atoms with Crippen LogP contribution in [0.4, 0.5) is 0 Å². The van der Waals surface area contributed by atoms with E-state index in [1.54, 1.807) is 4.57 Å². The monoisotopic (exact) mass is 470 g/mol. The lowest BCUT2D eigenvalue weighted by molar-refractivity contribution is 0.100. The third kappa shape index (κ3) is 4.18. The summed E-state index contributed by atoms with van der Waals surface area (Å²) >= 11 is 1.47. The van der Waals surface area contributed by atoms with E-state index < -0.39 is 0 Å². The predicted octanol–water partition coefficient (Wildman–Crippen LogP) is 6.22. The zero-order valence-corrected chi connectivity index (χ0v) is 20.5. The van der Waals surface area contributed by atoms with E-state index in [-0.39, 0.29) is 28.3 Å². The third-order valence-electron chi connectivity index (χ3n) is 7.10. The number of carbonyl (C=O) groups is 1. The lowest BCUT2D eigenvalue weighted by atomic mass is 9.62. The number of nitrogens with zero attached hydrogens (tertiary/aromatic N) is 2. The maximum absolute atomic E-state index is 14.2. The van der Waals surface area contributed by atoms with E-state index in [0.29, 0.717) is 6.54 Å². The molecule has 1 spiro atoms. The zero-order valence-electron chi connectivity index (χ0n) is 19.7. The predicted molar refractivity (Wildman–Crippen MR) is 139 cm³/mol.